The van der Waals surface area contributed by atoms with Crippen LogP contribution in [0.4, 0.5) is 5.69 Å². The molecule has 1 aromatic rings. The Morgan fingerprint density at radius 1 is 1.12 bits per heavy atom. The van der Waals surface area contributed by atoms with Crippen LogP contribution in [0.2, 0.25) is 0 Å². The monoisotopic (exact) mass is 451 g/mol. The highest BCUT2D eigenvalue weighted by Crippen LogP contribution is 2.49. The second-order valence-electron chi connectivity index (χ2n) is 9.25. The van der Waals surface area contributed by atoms with Crippen LogP contribution in [-0.2, 0) is 19.1 Å². The molecule has 0 spiro atoms. The maximum atomic E-state index is 13.5. The summed E-state index contributed by atoms with van der Waals surface area (Å²) in [5, 5.41) is 2.81. The van der Waals surface area contributed by atoms with E-state index in [-0.39, 0.29) is 36.6 Å². The van der Waals surface area contributed by atoms with Crippen molar-refractivity contribution in [2.45, 2.75) is 69.5 Å². The normalized spacial score (nSPS) is 24.2. The molecule has 1 atom stereocenters. The number of carbonyl (C=O) groups is 4. The molecule has 5 rings (SSSR count). The predicted octanol–water partition coefficient (Wildman–Crippen LogP) is 2.68. The van der Waals surface area contributed by atoms with Gasteiger partial charge < -0.3 is 15.0 Å². The van der Waals surface area contributed by atoms with Gasteiger partial charge in [-0.3, -0.25) is 19.3 Å². The Morgan fingerprint density at radius 2 is 1.94 bits per heavy atom. The van der Waals surface area contributed by atoms with E-state index in [1.807, 2.05) is 0 Å². The number of nitrogens with one attached hydrogen (secondary N) is 1. The van der Waals surface area contributed by atoms with Gasteiger partial charge in [0.2, 0.25) is 11.6 Å². The van der Waals surface area contributed by atoms with Crippen molar-refractivity contribution in [3.8, 4) is 0 Å². The number of carbonyl (C=O) groups excluding carboxylic acids is 4. The molecule has 2 heterocycles. The summed E-state index contributed by atoms with van der Waals surface area (Å²) >= 11 is 0. The van der Waals surface area contributed by atoms with Crippen LogP contribution in [0.15, 0.2) is 35.9 Å². The molecule has 2 aliphatic carbocycles. The van der Waals surface area contributed by atoms with E-state index < -0.39 is 18.2 Å². The Labute approximate surface area is 192 Å². The molecule has 4 aliphatic rings. The number of amides is 3. The molecule has 1 saturated heterocycles. The maximum absolute atomic E-state index is 13.5. The van der Waals surface area contributed by atoms with E-state index in [9.17, 15) is 19.2 Å². The summed E-state index contributed by atoms with van der Waals surface area (Å²) in [5.41, 5.74) is 0.690. The average Bonchev–Trinajstić information content (AvgIpc) is 3.60. The second kappa shape index (κ2) is 8.65. The van der Waals surface area contributed by atoms with E-state index in [1.165, 1.54) is 28.2 Å². The van der Waals surface area contributed by atoms with Gasteiger partial charge in [0.1, 0.15) is 0 Å². The van der Waals surface area contributed by atoms with E-state index in [0.29, 0.717) is 17.8 Å². The zero-order valence-corrected chi connectivity index (χ0v) is 18.7. The van der Waals surface area contributed by atoms with Crippen molar-refractivity contribution in [2.75, 3.05) is 18.1 Å². The minimum Gasteiger partial charge on any atom is -0.452 e. The Morgan fingerprint density at radius 3 is 2.70 bits per heavy atom. The molecule has 1 saturated carbocycles. The zero-order chi connectivity index (χ0) is 23.0. The third kappa shape index (κ3) is 3.81. The number of ether oxygens (including phenoxy) is 1. The van der Waals surface area contributed by atoms with Crippen LogP contribution in [0.25, 0.3) is 0 Å². The fourth-order valence-electron chi connectivity index (χ4n) is 5.30. The van der Waals surface area contributed by atoms with Gasteiger partial charge in [0, 0.05) is 25.4 Å². The van der Waals surface area contributed by atoms with Crippen LogP contribution in [0, 0.1) is 0 Å². The number of rotatable bonds is 7. The van der Waals surface area contributed by atoms with Gasteiger partial charge >= 0.3 is 5.97 Å². The smallest absolute Gasteiger partial charge is 0.354 e. The third-order valence-electron chi connectivity index (χ3n) is 7.03. The van der Waals surface area contributed by atoms with Crippen LogP contribution in [-0.4, -0.2) is 53.4 Å². The number of nitrogens with zero attached hydrogens (tertiary/aromatic N) is 2. The first-order valence-electron chi connectivity index (χ1n) is 11.9. The molecule has 1 unspecified atom stereocenters. The predicted molar refractivity (Wildman–Crippen MR) is 120 cm³/mol. The van der Waals surface area contributed by atoms with Gasteiger partial charge in [0.25, 0.3) is 11.8 Å². The number of para-hydroxylation sites is 1. The number of esters is 1. The van der Waals surface area contributed by atoms with Crippen LogP contribution in [0.5, 0.6) is 0 Å². The average molecular weight is 452 g/mol. The Balaban J connectivity index is 1.30. The zero-order valence-electron chi connectivity index (χ0n) is 18.7. The number of allylic oxidation sites excluding steroid dienone is 1. The van der Waals surface area contributed by atoms with Crippen LogP contribution < -0.4 is 10.2 Å². The molecule has 0 bridgehead atoms. The SMILES string of the molecule is O=C(COC(=O)C12CCC(=O)N1c1ccccc1C(=O)N2C1CC1)NCCC1=CCCCC1. The van der Waals surface area contributed by atoms with E-state index >= 15 is 0 Å². The fraction of sp³-hybridized carbons (Fsp3) is 0.520. The third-order valence-corrected chi connectivity index (χ3v) is 7.03. The van der Waals surface area contributed by atoms with Gasteiger partial charge in [-0.25, -0.2) is 4.79 Å². The van der Waals surface area contributed by atoms with Gasteiger partial charge in [-0.2, -0.15) is 0 Å². The summed E-state index contributed by atoms with van der Waals surface area (Å²) in [6.07, 6.45) is 9.48. The summed E-state index contributed by atoms with van der Waals surface area (Å²) in [7, 11) is 0. The first-order valence-corrected chi connectivity index (χ1v) is 11.9. The van der Waals surface area contributed by atoms with Gasteiger partial charge in [0.05, 0.1) is 11.3 Å². The van der Waals surface area contributed by atoms with Gasteiger partial charge in [0.15, 0.2) is 6.61 Å². The lowest BCUT2D eigenvalue weighted by Gasteiger charge is -2.48. The molecule has 174 valence electrons. The molecule has 8 nitrogen and oxygen atoms in total. The quantitative estimate of drug-likeness (QED) is 0.508. The largest absolute Gasteiger partial charge is 0.452 e. The van der Waals surface area contributed by atoms with Crippen LogP contribution in [0.1, 0.15) is 68.1 Å². The summed E-state index contributed by atoms with van der Waals surface area (Å²) in [5.74, 6) is -1.58. The standard InChI is InChI=1S/C25H29N3O5/c29-21(26-15-13-17-6-2-1-3-7-17)16-33-24(32)25-14-12-22(30)28(25)20-9-5-4-8-19(20)23(31)27(25)18-10-11-18/h4-6,8-9,18H,1-3,7,10-16H2,(H,26,29). The molecule has 8 heteroatoms. The Kier molecular flexibility index (Phi) is 5.68. The minimum absolute atomic E-state index is 0.107. The molecule has 0 aromatic heterocycles. The van der Waals surface area contributed by atoms with Gasteiger partial charge in [-0.05, 0) is 57.1 Å². The number of hydrogen-bond donors (Lipinski definition) is 1. The van der Waals surface area contributed by atoms with E-state index in [2.05, 4.69) is 11.4 Å². The molecule has 0 radical (unpaired) electrons. The molecule has 1 N–H and O–H groups in total. The molecular formula is C25H29N3O5. The number of hydrogen-bond acceptors (Lipinski definition) is 5. The summed E-state index contributed by atoms with van der Waals surface area (Å²) in [4.78, 5) is 55.1. The van der Waals surface area contributed by atoms with Crippen molar-refractivity contribution >= 4 is 29.4 Å². The molecule has 3 amide bonds. The van der Waals surface area contributed by atoms with Gasteiger partial charge in [-0.15, -0.1) is 0 Å². The first-order chi connectivity index (χ1) is 16.0. The molecule has 2 aliphatic heterocycles. The first kappa shape index (κ1) is 21.7. The van der Waals surface area contributed by atoms with Gasteiger partial charge in [-0.1, -0.05) is 23.8 Å². The maximum Gasteiger partial charge on any atom is 0.354 e. The van der Waals surface area contributed by atoms with Crippen LogP contribution >= 0.6 is 0 Å². The summed E-state index contributed by atoms with van der Waals surface area (Å²) in [6.45, 7) is 0.0635. The molecule has 1 aromatic carbocycles. The summed E-state index contributed by atoms with van der Waals surface area (Å²) < 4.78 is 5.46. The van der Waals surface area contributed by atoms with Crippen molar-refractivity contribution in [1.29, 1.82) is 0 Å². The van der Waals surface area contributed by atoms with Crippen molar-refractivity contribution in [2.24, 2.45) is 0 Å². The van der Waals surface area contributed by atoms with E-state index in [1.54, 1.807) is 24.3 Å². The van der Waals surface area contributed by atoms with Crippen molar-refractivity contribution in [3.63, 3.8) is 0 Å². The molecular weight excluding hydrogens is 422 g/mol. The topological polar surface area (TPSA) is 96.0 Å². The second-order valence-corrected chi connectivity index (χ2v) is 9.25. The fourth-order valence-corrected chi connectivity index (χ4v) is 5.30. The number of benzene rings is 1. The Bertz CT molecular complexity index is 1030. The van der Waals surface area contributed by atoms with Crippen LogP contribution in [0.3, 0.4) is 0 Å². The number of fused-ring (bicyclic) bond motifs is 3. The molecule has 33 heavy (non-hydrogen) atoms. The Hall–Kier alpha value is -3.16. The van der Waals surface area contributed by atoms with Crippen molar-refractivity contribution < 1.29 is 23.9 Å². The lowest BCUT2D eigenvalue weighted by Crippen LogP contribution is -2.69. The highest BCUT2D eigenvalue weighted by atomic mass is 16.5. The van der Waals surface area contributed by atoms with E-state index in [4.69, 9.17) is 4.74 Å². The minimum atomic E-state index is -1.52. The number of anilines is 1. The molecule has 2 fully saturated rings. The summed E-state index contributed by atoms with van der Waals surface area (Å²) in [6, 6.07) is 6.76. The van der Waals surface area contributed by atoms with Crippen molar-refractivity contribution in [1.82, 2.24) is 10.2 Å². The van der Waals surface area contributed by atoms with E-state index in [0.717, 1.165) is 32.1 Å². The lowest BCUT2D eigenvalue weighted by atomic mass is 9.96. The highest BCUT2D eigenvalue weighted by Gasteiger charge is 2.64. The van der Waals surface area contributed by atoms with Crippen molar-refractivity contribution in [3.05, 3.63) is 41.5 Å². The highest BCUT2D eigenvalue weighted by molar-refractivity contribution is 6.15. The lowest BCUT2D eigenvalue weighted by molar-refractivity contribution is -0.160.